The third-order valence-corrected chi connectivity index (χ3v) is 4.67. The van der Waals surface area contributed by atoms with Crippen LogP contribution in [0.25, 0.3) is 0 Å². The number of hydrogen-bond donors (Lipinski definition) is 2. The minimum absolute atomic E-state index is 0.0352. The zero-order chi connectivity index (χ0) is 21.1. The van der Waals surface area contributed by atoms with Crippen molar-refractivity contribution < 1.29 is 33.3 Å². The second-order valence-electron chi connectivity index (χ2n) is 6.83. The van der Waals surface area contributed by atoms with Gasteiger partial charge in [-0.25, -0.2) is 28.0 Å². The van der Waals surface area contributed by atoms with Crippen molar-refractivity contribution in [3.63, 3.8) is 0 Å². The van der Waals surface area contributed by atoms with Gasteiger partial charge in [0.15, 0.2) is 0 Å². The molecule has 0 spiro atoms. The molecule has 1 aromatic carbocycles. The first-order chi connectivity index (χ1) is 13.1. The highest BCUT2D eigenvalue weighted by Crippen LogP contribution is 2.51. The molecule has 2 aromatic rings. The van der Waals surface area contributed by atoms with Crippen molar-refractivity contribution in [3.05, 3.63) is 48.1 Å². The van der Waals surface area contributed by atoms with E-state index < -0.39 is 29.2 Å². The molecule has 0 unspecified atom stereocenters. The fourth-order valence-electron chi connectivity index (χ4n) is 3.32. The molecule has 0 saturated carbocycles. The van der Waals surface area contributed by atoms with Crippen LogP contribution in [-0.4, -0.2) is 43.0 Å². The van der Waals surface area contributed by atoms with Gasteiger partial charge in [0, 0.05) is 17.5 Å². The van der Waals surface area contributed by atoms with E-state index in [0.717, 1.165) is 6.07 Å². The summed E-state index contributed by atoms with van der Waals surface area (Å²) >= 11 is 0. The van der Waals surface area contributed by atoms with E-state index in [1.54, 1.807) is 11.0 Å². The maximum absolute atomic E-state index is 14.3. The van der Waals surface area contributed by atoms with Gasteiger partial charge in [0.25, 0.3) is 0 Å². The SMILES string of the molecule is CC(C)[C@@H]1O[C@@](Cn2cncn2)(c2ccc(F)cc2F)[C@@H]1C.O=C(O)C(=O)O. The second-order valence-corrected chi connectivity index (χ2v) is 6.83. The van der Waals surface area contributed by atoms with Crippen molar-refractivity contribution in [2.45, 2.75) is 39.0 Å². The predicted octanol–water partition coefficient (Wildman–Crippen LogP) is 2.30. The predicted molar refractivity (Wildman–Crippen MR) is 92.2 cm³/mol. The quantitative estimate of drug-likeness (QED) is 0.761. The van der Waals surface area contributed by atoms with Gasteiger partial charge in [0.2, 0.25) is 0 Å². The molecular formula is C18H21F2N3O5. The molecule has 8 nitrogen and oxygen atoms in total. The smallest absolute Gasteiger partial charge is 0.414 e. The number of carboxylic acids is 2. The van der Waals surface area contributed by atoms with Crippen LogP contribution in [0.5, 0.6) is 0 Å². The van der Waals surface area contributed by atoms with Gasteiger partial charge in [-0.1, -0.05) is 26.8 Å². The Balaban J connectivity index is 0.000000409. The molecule has 1 aliphatic heterocycles. The molecule has 1 aliphatic rings. The van der Waals surface area contributed by atoms with Crippen LogP contribution in [0.3, 0.4) is 0 Å². The number of ether oxygens (including phenoxy) is 1. The highest BCUT2D eigenvalue weighted by Gasteiger charge is 2.56. The average molecular weight is 397 g/mol. The molecule has 0 aliphatic carbocycles. The molecule has 28 heavy (non-hydrogen) atoms. The molecule has 2 N–H and O–H groups in total. The number of nitrogens with zero attached hydrogens (tertiary/aromatic N) is 3. The maximum atomic E-state index is 14.3. The Morgan fingerprint density at radius 1 is 1.29 bits per heavy atom. The topological polar surface area (TPSA) is 115 Å². The molecule has 0 bridgehead atoms. The lowest BCUT2D eigenvalue weighted by atomic mass is 9.70. The molecule has 10 heteroatoms. The Morgan fingerprint density at radius 2 is 1.93 bits per heavy atom. The number of rotatable bonds is 4. The summed E-state index contributed by atoms with van der Waals surface area (Å²) in [4.78, 5) is 22.1. The summed E-state index contributed by atoms with van der Waals surface area (Å²) < 4.78 is 35.3. The van der Waals surface area contributed by atoms with Crippen molar-refractivity contribution in [2.24, 2.45) is 11.8 Å². The Morgan fingerprint density at radius 3 is 2.36 bits per heavy atom. The minimum Gasteiger partial charge on any atom is -0.473 e. The number of halogens is 2. The van der Waals surface area contributed by atoms with Gasteiger partial charge >= 0.3 is 11.9 Å². The first-order valence-electron chi connectivity index (χ1n) is 8.50. The van der Waals surface area contributed by atoms with E-state index in [1.165, 1.54) is 18.5 Å². The lowest BCUT2D eigenvalue weighted by molar-refractivity contribution is -0.285. The summed E-state index contributed by atoms with van der Waals surface area (Å²) in [6.07, 6.45) is 3.04. The highest BCUT2D eigenvalue weighted by molar-refractivity contribution is 6.27. The molecule has 3 rings (SSSR count). The molecule has 1 aromatic heterocycles. The van der Waals surface area contributed by atoms with Crippen LogP contribution >= 0.6 is 0 Å². The zero-order valence-electron chi connectivity index (χ0n) is 15.5. The number of aliphatic carboxylic acids is 2. The molecular weight excluding hydrogens is 376 g/mol. The van der Waals surface area contributed by atoms with E-state index in [1.807, 2.05) is 6.92 Å². The van der Waals surface area contributed by atoms with E-state index >= 15 is 0 Å². The van der Waals surface area contributed by atoms with Gasteiger partial charge in [0.05, 0.1) is 12.6 Å². The normalized spacial score (nSPS) is 23.5. The standard InChI is InChI=1S/C16H19F2N3O.C2H2O4/c1-10(2)15-11(3)16(22-15,7-21-9-19-8-20-21)13-5-4-12(17)6-14(13)18;3-1(4)2(5)6/h4-6,8-11,15H,7H2,1-3H3;(H,3,4)(H,5,6)/t11-,15+,16-;/m1./s1. The zero-order valence-corrected chi connectivity index (χ0v) is 15.5. The third-order valence-electron chi connectivity index (χ3n) is 4.67. The number of benzene rings is 1. The van der Waals surface area contributed by atoms with Gasteiger partial charge in [-0.05, 0) is 12.0 Å². The van der Waals surface area contributed by atoms with Crippen molar-refractivity contribution >= 4 is 11.9 Å². The van der Waals surface area contributed by atoms with Crippen molar-refractivity contribution in [1.82, 2.24) is 14.8 Å². The Hall–Kier alpha value is -2.88. The van der Waals surface area contributed by atoms with E-state index in [-0.39, 0.29) is 12.0 Å². The summed E-state index contributed by atoms with van der Waals surface area (Å²) in [5.74, 6) is -4.43. The van der Waals surface area contributed by atoms with Crippen molar-refractivity contribution in [1.29, 1.82) is 0 Å². The van der Waals surface area contributed by atoms with Crippen LogP contribution < -0.4 is 0 Å². The molecule has 0 amide bonds. The summed E-state index contributed by atoms with van der Waals surface area (Å²) in [7, 11) is 0. The lowest BCUT2D eigenvalue weighted by Crippen LogP contribution is -2.60. The van der Waals surface area contributed by atoms with Crippen LogP contribution in [0.15, 0.2) is 30.9 Å². The molecule has 3 atom stereocenters. The summed E-state index contributed by atoms with van der Waals surface area (Å²) in [5, 5.41) is 18.9. The first kappa shape index (κ1) is 21.4. The Labute approximate surface area is 159 Å². The fourth-order valence-corrected chi connectivity index (χ4v) is 3.32. The van der Waals surface area contributed by atoms with Crippen LogP contribution in [0.2, 0.25) is 0 Å². The molecule has 1 saturated heterocycles. The van der Waals surface area contributed by atoms with Crippen LogP contribution in [0.1, 0.15) is 26.3 Å². The maximum Gasteiger partial charge on any atom is 0.414 e. The van der Waals surface area contributed by atoms with E-state index in [2.05, 4.69) is 23.9 Å². The van der Waals surface area contributed by atoms with Gasteiger partial charge in [-0.2, -0.15) is 5.10 Å². The van der Waals surface area contributed by atoms with E-state index in [0.29, 0.717) is 18.0 Å². The molecule has 0 radical (unpaired) electrons. The van der Waals surface area contributed by atoms with Crippen molar-refractivity contribution in [2.75, 3.05) is 0 Å². The second kappa shape index (κ2) is 8.42. The van der Waals surface area contributed by atoms with Crippen LogP contribution in [-0.2, 0) is 26.5 Å². The fraction of sp³-hybridized carbons (Fsp3) is 0.444. The summed E-state index contributed by atoms with van der Waals surface area (Å²) in [6, 6.07) is 3.63. The van der Waals surface area contributed by atoms with Crippen LogP contribution in [0.4, 0.5) is 8.78 Å². The third kappa shape index (κ3) is 4.33. The van der Waals surface area contributed by atoms with E-state index in [4.69, 9.17) is 24.5 Å². The number of carboxylic acid groups (broad SMARTS) is 2. The summed E-state index contributed by atoms with van der Waals surface area (Å²) in [5.41, 5.74) is -0.478. The monoisotopic (exact) mass is 397 g/mol. The largest absolute Gasteiger partial charge is 0.473 e. The van der Waals surface area contributed by atoms with Gasteiger partial charge < -0.3 is 14.9 Å². The van der Waals surface area contributed by atoms with Gasteiger partial charge in [-0.15, -0.1) is 0 Å². The number of hydrogen-bond acceptors (Lipinski definition) is 5. The van der Waals surface area contributed by atoms with Gasteiger partial charge in [-0.3, -0.25) is 0 Å². The Bertz CT molecular complexity index is 832. The highest BCUT2D eigenvalue weighted by atomic mass is 19.1. The van der Waals surface area contributed by atoms with Crippen LogP contribution in [0, 0.1) is 23.5 Å². The van der Waals surface area contributed by atoms with E-state index in [9.17, 15) is 8.78 Å². The van der Waals surface area contributed by atoms with Crippen molar-refractivity contribution in [3.8, 4) is 0 Å². The van der Waals surface area contributed by atoms with Gasteiger partial charge in [0.1, 0.15) is 29.9 Å². The molecule has 1 fully saturated rings. The molecule has 152 valence electrons. The molecule has 2 heterocycles. The summed E-state index contributed by atoms with van der Waals surface area (Å²) in [6.45, 7) is 6.52. The average Bonchev–Trinajstić information content (AvgIpc) is 3.11. The minimum atomic E-state index is -1.82. The number of carbonyl (C=O) groups is 2. The lowest BCUT2D eigenvalue weighted by Gasteiger charge is -2.55. The first-order valence-corrected chi connectivity index (χ1v) is 8.50. The Kier molecular flexibility index (Phi) is 6.45. The number of aromatic nitrogens is 3.